The summed E-state index contributed by atoms with van der Waals surface area (Å²) in [6.07, 6.45) is 5.36. The standard InChI is InChI=1S/C14H29N3O/c1-15-9-4-5-14(18)17(3)12-8-13-6-10-16(2)11-7-13/h13,15H,4-12H2,1-3H3. The average molecular weight is 255 g/mol. The van der Waals surface area contributed by atoms with E-state index in [1.54, 1.807) is 0 Å². The zero-order valence-electron chi connectivity index (χ0n) is 12.2. The first-order valence-corrected chi connectivity index (χ1v) is 7.20. The van der Waals surface area contributed by atoms with Crippen molar-refractivity contribution < 1.29 is 4.79 Å². The number of hydrogen-bond donors (Lipinski definition) is 1. The van der Waals surface area contributed by atoms with Gasteiger partial charge in [0.15, 0.2) is 0 Å². The Morgan fingerprint density at radius 3 is 2.67 bits per heavy atom. The minimum Gasteiger partial charge on any atom is -0.346 e. The molecule has 1 heterocycles. The van der Waals surface area contributed by atoms with Gasteiger partial charge < -0.3 is 15.1 Å². The van der Waals surface area contributed by atoms with E-state index in [-0.39, 0.29) is 5.91 Å². The van der Waals surface area contributed by atoms with Gasteiger partial charge in [-0.3, -0.25) is 4.79 Å². The van der Waals surface area contributed by atoms with Gasteiger partial charge in [-0.2, -0.15) is 0 Å². The maximum Gasteiger partial charge on any atom is 0.222 e. The minimum absolute atomic E-state index is 0.290. The smallest absolute Gasteiger partial charge is 0.222 e. The van der Waals surface area contributed by atoms with Gasteiger partial charge in [0.1, 0.15) is 0 Å². The largest absolute Gasteiger partial charge is 0.346 e. The summed E-state index contributed by atoms with van der Waals surface area (Å²) < 4.78 is 0. The summed E-state index contributed by atoms with van der Waals surface area (Å²) >= 11 is 0. The molecule has 0 aliphatic carbocycles. The Bertz CT molecular complexity index is 237. The van der Waals surface area contributed by atoms with Crippen LogP contribution >= 0.6 is 0 Å². The van der Waals surface area contributed by atoms with E-state index in [2.05, 4.69) is 17.3 Å². The molecule has 1 saturated heterocycles. The number of hydrogen-bond acceptors (Lipinski definition) is 3. The Hall–Kier alpha value is -0.610. The maximum atomic E-state index is 11.8. The van der Waals surface area contributed by atoms with E-state index in [0.29, 0.717) is 6.42 Å². The first-order chi connectivity index (χ1) is 8.63. The molecule has 0 spiro atoms. The second-order valence-corrected chi connectivity index (χ2v) is 5.56. The highest BCUT2D eigenvalue weighted by Crippen LogP contribution is 2.19. The van der Waals surface area contributed by atoms with Crippen LogP contribution in [0.2, 0.25) is 0 Å². The van der Waals surface area contributed by atoms with Crippen molar-refractivity contribution in [1.29, 1.82) is 0 Å². The Morgan fingerprint density at radius 1 is 1.39 bits per heavy atom. The highest BCUT2D eigenvalue weighted by Gasteiger charge is 2.17. The Balaban J connectivity index is 2.12. The first-order valence-electron chi connectivity index (χ1n) is 7.20. The van der Waals surface area contributed by atoms with Crippen LogP contribution in [-0.2, 0) is 4.79 Å². The second-order valence-electron chi connectivity index (χ2n) is 5.56. The van der Waals surface area contributed by atoms with Gasteiger partial charge in [-0.1, -0.05) is 0 Å². The number of carbonyl (C=O) groups is 1. The third kappa shape index (κ3) is 5.83. The highest BCUT2D eigenvalue weighted by atomic mass is 16.2. The molecule has 1 fully saturated rings. The van der Waals surface area contributed by atoms with Gasteiger partial charge >= 0.3 is 0 Å². The van der Waals surface area contributed by atoms with Crippen molar-refractivity contribution in [2.24, 2.45) is 5.92 Å². The summed E-state index contributed by atoms with van der Waals surface area (Å²) in [7, 11) is 6.05. The van der Waals surface area contributed by atoms with Gasteiger partial charge in [0.2, 0.25) is 5.91 Å². The maximum absolute atomic E-state index is 11.8. The number of piperidine rings is 1. The van der Waals surface area contributed by atoms with Crippen molar-refractivity contribution in [3.63, 3.8) is 0 Å². The summed E-state index contributed by atoms with van der Waals surface area (Å²) in [5.41, 5.74) is 0. The van der Waals surface area contributed by atoms with Gasteiger partial charge in [0.05, 0.1) is 0 Å². The number of carbonyl (C=O) groups excluding carboxylic acids is 1. The molecule has 1 aliphatic heterocycles. The lowest BCUT2D eigenvalue weighted by Crippen LogP contribution is -2.33. The van der Waals surface area contributed by atoms with Crippen LogP contribution in [0.15, 0.2) is 0 Å². The quantitative estimate of drug-likeness (QED) is 0.694. The number of likely N-dealkylation sites (tertiary alicyclic amines) is 1. The summed E-state index contributed by atoms with van der Waals surface area (Å²) in [4.78, 5) is 16.1. The molecule has 0 saturated carbocycles. The van der Waals surface area contributed by atoms with Gasteiger partial charge in [-0.15, -0.1) is 0 Å². The fourth-order valence-electron chi connectivity index (χ4n) is 2.46. The predicted molar refractivity (Wildman–Crippen MR) is 75.6 cm³/mol. The molecule has 1 amide bonds. The Morgan fingerprint density at radius 2 is 2.06 bits per heavy atom. The highest BCUT2D eigenvalue weighted by molar-refractivity contribution is 5.75. The van der Waals surface area contributed by atoms with Gasteiger partial charge in [0, 0.05) is 20.0 Å². The average Bonchev–Trinajstić information content (AvgIpc) is 2.38. The molecule has 0 atom stereocenters. The van der Waals surface area contributed by atoms with E-state index < -0.39 is 0 Å². The van der Waals surface area contributed by atoms with E-state index in [0.717, 1.165) is 25.4 Å². The van der Waals surface area contributed by atoms with Crippen molar-refractivity contribution in [3.8, 4) is 0 Å². The third-order valence-corrected chi connectivity index (χ3v) is 3.95. The zero-order valence-corrected chi connectivity index (χ0v) is 12.2. The summed E-state index contributed by atoms with van der Waals surface area (Å²) in [6.45, 7) is 4.27. The van der Waals surface area contributed by atoms with E-state index in [1.165, 1.54) is 32.4 Å². The fourth-order valence-corrected chi connectivity index (χ4v) is 2.46. The van der Waals surface area contributed by atoms with Crippen LogP contribution in [0.1, 0.15) is 32.1 Å². The number of nitrogens with zero attached hydrogens (tertiary/aromatic N) is 2. The lowest BCUT2D eigenvalue weighted by Gasteiger charge is -2.30. The molecule has 1 N–H and O–H groups in total. The van der Waals surface area contributed by atoms with E-state index in [4.69, 9.17) is 0 Å². The molecule has 18 heavy (non-hydrogen) atoms. The van der Waals surface area contributed by atoms with Crippen LogP contribution in [-0.4, -0.2) is 63.0 Å². The van der Waals surface area contributed by atoms with Crippen molar-refractivity contribution in [3.05, 3.63) is 0 Å². The molecule has 1 rings (SSSR count). The predicted octanol–water partition coefficient (Wildman–Crippen LogP) is 1.18. The van der Waals surface area contributed by atoms with E-state index >= 15 is 0 Å². The lowest BCUT2D eigenvalue weighted by atomic mass is 9.93. The summed E-state index contributed by atoms with van der Waals surface area (Å²) in [5.74, 6) is 1.10. The lowest BCUT2D eigenvalue weighted by molar-refractivity contribution is -0.130. The molecule has 4 nitrogen and oxygen atoms in total. The topological polar surface area (TPSA) is 35.6 Å². The third-order valence-electron chi connectivity index (χ3n) is 3.95. The number of rotatable bonds is 7. The molecule has 106 valence electrons. The molecule has 0 unspecified atom stereocenters. The molecule has 0 bridgehead atoms. The number of amides is 1. The minimum atomic E-state index is 0.290. The van der Waals surface area contributed by atoms with Gasteiger partial charge in [-0.05, 0) is 65.3 Å². The van der Waals surface area contributed by atoms with Crippen LogP contribution in [0, 0.1) is 5.92 Å². The molecule has 4 heteroatoms. The first kappa shape index (κ1) is 15.4. The summed E-state index contributed by atoms with van der Waals surface area (Å²) in [6, 6.07) is 0. The molecular formula is C14H29N3O. The van der Waals surface area contributed by atoms with Gasteiger partial charge in [-0.25, -0.2) is 0 Å². The Labute approximate surface area is 112 Å². The molecule has 1 aliphatic rings. The van der Waals surface area contributed by atoms with E-state index in [9.17, 15) is 4.79 Å². The number of nitrogens with one attached hydrogen (secondary N) is 1. The van der Waals surface area contributed by atoms with Crippen LogP contribution in [0.5, 0.6) is 0 Å². The van der Waals surface area contributed by atoms with Crippen molar-refractivity contribution >= 4 is 5.91 Å². The Kier molecular flexibility index (Phi) is 7.28. The van der Waals surface area contributed by atoms with Crippen molar-refractivity contribution in [2.45, 2.75) is 32.1 Å². The normalized spacial score (nSPS) is 17.9. The van der Waals surface area contributed by atoms with Crippen molar-refractivity contribution in [2.75, 3.05) is 47.3 Å². The van der Waals surface area contributed by atoms with Crippen molar-refractivity contribution in [1.82, 2.24) is 15.1 Å². The molecule has 0 aromatic heterocycles. The molecular weight excluding hydrogens is 226 g/mol. The SMILES string of the molecule is CNCCCC(=O)N(C)CCC1CCN(C)CC1. The second kappa shape index (κ2) is 8.48. The molecule has 0 aromatic carbocycles. The van der Waals surface area contributed by atoms with Gasteiger partial charge in [0.25, 0.3) is 0 Å². The van der Waals surface area contributed by atoms with Crippen LogP contribution in [0.25, 0.3) is 0 Å². The van der Waals surface area contributed by atoms with Crippen LogP contribution in [0.4, 0.5) is 0 Å². The summed E-state index contributed by atoms with van der Waals surface area (Å²) in [5, 5.41) is 3.07. The molecule has 0 aromatic rings. The van der Waals surface area contributed by atoms with E-state index in [1.807, 2.05) is 19.0 Å². The zero-order chi connectivity index (χ0) is 13.4. The molecule has 0 radical (unpaired) electrons. The van der Waals surface area contributed by atoms with Crippen LogP contribution < -0.4 is 5.32 Å². The van der Waals surface area contributed by atoms with Crippen LogP contribution in [0.3, 0.4) is 0 Å². The fraction of sp³-hybridized carbons (Fsp3) is 0.929. The monoisotopic (exact) mass is 255 g/mol.